The van der Waals surface area contributed by atoms with Gasteiger partial charge in [0.05, 0.1) is 25.0 Å². The van der Waals surface area contributed by atoms with Crippen LogP contribution in [0.3, 0.4) is 0 Å². The largest absolute Gasteiger partial charge is 0.478 e. The van der Waals surface area contributed by atoms with Crippen molar-refractivity contribution in [3.05, 3.63) is 85.1 Å². The van der Waals surface area contributed by atoms with Crippen LogP contribution in [0.15, 0.2) is 85.1 Å². The first-order chi connectivity index (χ1) is 48.4. The van der Waals surface area contributed by atoms with Gasteiger partial charge in [-0.1, -0.05) is 87.1 Å². The molecule has 1 N–H and O–H groups in total. The summed E-state index contributed by atoms with van der Waals surface area (Å²) < 4.78 is 40.8. The van der Waals surface area contributed by atoms with E-state index in [0.29, 0.717) is 62.9 Å². The van der Waals surface area contributed by atoms with Crippen LogP contribution in [0.4, 0.5) is 19.2 Å². The third-order valence-electron chi connectivity index (χ3n) is 15.7. The van der Waals surface area contributed by atoms with E-state index in [1.807, 2.05) is 34.6 Å². The SMILES string of the molecule is C=C(C)C(=O)N(C(=O)OC(C)(C)C)C(=O)OC(C)(C)C.C=C(C)C(=O)O.C=C(C)C(=O)OC(C)(C)C(C)(C)C.C=C(C)C(=O)OC1(CC)CCCC1.C=C(C)C(=O)OCCCC.C=C(C)C(=O)OCCCCC(=O)N(C(=O)OC(C)(C)C)C(=O)OC(C)(C)C.C=C(C)C(=O)ON1C(=O)C2C3CCC(C3)C2C1=O. The highest BCUT2D eigenvalue weighted by Gasteiger charge is 2.62. The first-order valence-corrected chi connectivity index (χ1v) is 35.7. The molecule has 4 atom stereocenters. The second kappa shape index (κ2) is 44.9. The number of fused-ring (bicyclic) bond motifs is 5. The van der Waals surface area contributed by atoms with Crippen LogP contribution in [-0.4, -0.2) is 151 Å². The van der Waals surface area contributed by atoms with Gasteiger partial charge in [-0.15, -0.1) is 14.9 Å². The van der Waals surface area contributed by atoms with E-state index in [1.54, 1.807) is 104 Å². The number of nitrogens with zero attached hydrogens (tertiary/aromatic N) is 3. The number of aliphatic carboxylic acids is 1. The Morgan fingerprint density at radius 3 is 1.08 bits per heavy atom. The van der Waals surface area contributed by atoms with Gasteiger partial charge >= 0.3 is 60.2 Å². The van der Waals surface area contributed by atoms with Gasteiger partial charge in [0.2, 0.25) is 5.91 Å². The first-order valence-electron chi connectivity index (χ1n) is 35.7. The number of hydrogen-bond donors (Lipinski definition) is 1. The van der Waals surface area contributed by atoms with Crippen molar-refractivity contribution in [1.29, 1.82) is 0 Å². The number of amides is 8. The molecule has 8 amide bonds. The molecular formula is C80H127N3O24. The highest BCUT2D eigenvalue weighted by Crippen LogP contribution is 2.56. The van der Waals surface area contributed by atoms with Crippen LogP contribution in [-0.2, 0) is 90.7 Å². The molecule has 4 fully saturated rings. The molecule has 3 saturated carbocycles. The number of carboxylic acids is 1. The number of hydrogen-bond acceptors (Lipinski definition) is 23. The standard InChI is InChI=1S/C19H31NO7.C14H23NO5.C13H15NO4.C11H18O2.C11H20O2.C8H14O2.C4H6O2/c1-13(2)15(22)25-12-10-9-11-14(21)20(16(23)26-18(3,4)5)17(24)27-19(6,7)8;1-9(2)10(16)15(11(17)19-13(3,4)5)12(18)20-14(6,7)8;1-6(2)13(17)18-14-11(15)9-7-3-4-8(5-7)10(9)12(14)16;1-4-11(7-5-6-8-11)13-10(12)9(2)3;1-8(2)9(12)13-11(6,7)10(3,4)5;1-4-5-6-10-8(9)7(2)3;1-3(2)4(5)6/h1,9-12H2,2-8H3;1H2,2-8H3;7-10H,1,3-5H2,2H3;2,4-8H2,1,3H3;1H2,2-7H3;2,4-6H2,1,3H3;1H2,2H3,(H,5,6). The van der Waals surface area contributed by atoms with Crippen molar-refractivity contribution in [2.24, 2.45) is 29.1 Å². The number of imide groups is 7. The Bertz CT molecular complexity index is 3130. The quantitative estimate of drug-likeness (QED) is 0.0413. The molecule has 3 aliphatic carbocycles. The minimum atomic E-state index is -1.09. The Morgan fingerprint density at radius 1 is 0.458 bits per heavy atom. The minimum Gasteiger partial charge on any atom is -0.478 e. The Kier molecular flexibility index (Phi) is 42.9. The third kappa shape index (κ3) is 39.9. The van der Waals surface area contributed by atoms with Gasteiger partial charge in [0.25, 0.3) is 17.7 Å². The van der Waals surface area contributed by atoms with Crippen LogP contribution in [0.1, 0.15) is 263 Å². The molecule has 0 aromatic carbocycles. The van der Waals surface area contributed by atoms with Crippen LogP contribution < -0.4 is 0 Å². The summed E-state index contributed by atoms with van der Waals surface area (Å²) >= 11 is 0. The smallest absolute Gasteiger partial charge is 0.427 e. The fourth-order valence-corrected chi connectivity index (χ4v) is 9.09. The molecule has 4 aliphatic rings. The fraction of sp³-hybridized carbons (Fsp3) is 0.650. The summed E-state index contributed by atoms with van der Waals surface area (Å²) in [7, 11) is 0. The Labute approximate surface area is 635 Å². The molecule has 1 aliphatic heterocycles. The zero-order chi connectivity index (χ0) is 84.6. The van der Waals surface area contributed by atoms with Crippen LogP contribution in [0.25, 0.3) is 0 Å². The van der Waals surface area contributed by atoms with E-state index in [2.05, 4.69) is 59.9 Å². The Hall–Kier alpha value is -9.04. The minimum absolute atomic E-state index is 0.0294. The van der Waals surface area contributed by atoms with Crippen molar-refractivity contribution in [2.75, 3.05) is 13.2 Å². The summed E-state index contributed by atoms with van der Waals surface area (Å²) in [6.07, 6.45) is 6.52. The predicted octanol–water partition coefficient (Wildman–Crippen LogP) is 16.6. The highest BCUT2D eigenvalue weighted by atomic mass is 16.7. The molecule has 0 aromatic heterocycles. The number of ether oxygens (including phenoxy) is 8. The summed E-state index contributed by atoms with van der Waals surface area (Å²) in [6, 6.07) is 0. The van der Waals surface area contributed by atoms with E-state index in [1.165, 1.54) is 40.5 Å². The highest BCUT2D eigenvalue weighted by molar-refractivity contribution is 6.12. The first kappa shape index (κ1) is 102. The van der Waals surface area contributed by atoms with Gasteiger partial charge < -0.3 is 47.8 Å². The van der Waals surface area contributed by atoms with Crippen molar-refractivity contribution < 1.29 is 115 Å². The molecule has 0 spiro atoms. The lowest BCUT2D eigenvalue weighted by molar-refractivity contribution is -0.196. The molecule has 606 valence electrons. The molecule has 0 radical (unpaired) electrons. The molecule has 0 aromatic rings. The van der Waals surface area contributed by atoms with Gasteiger partial charge in [0.15, 0.2) is 0 Å². The van der Waals surface area contributed by atoms with E-state index in [4.69, 9.17) is 47.8 Å². The Balaban J connectivity index is -0.00000122. The maximum Gasteiger partial charge on any atom is 0.427 e. The second-order valence-electron chi connectivity index (χ2n) is 32.2. The van der Waals surface area contributed by atoms with Crippen molar-refractivity contribution in [1.82, 2.24) is 14.9 Å². The zero-order valence-electron chi connectivity index (χ0n) is 69.0. The van der Waals surface area contributed by atoms with Gasteiger partial charge in [-0.25, -0.2) is 47.9 Å². The molecular weight excluding hydrogens is 1390 g/mol. The second-order valence-corrected chi connectivity index (χ2v) is 32.2. The van der Waals surface area contributed by atoms with E-state index in [0.717, 1.165) is 51.4 Å². The summed E-state index contributed by atoms with van der Waals surface area (Å²) in [5.74, 6) is -5.20. The lowest BCUT2D eigenvalue weighted by atomic mass is 9.79. The van der Waals surface area contributed by atoms with E-state index >= 15 is 0 Å². The number of carbonyl (C=O) groups excluding carboxylic acids is 13. The van der Waals surface area contributed by atoms with Crippen molar-refractivity contribution in [2.45, 2.75) is 297 Å². The molecule has 1 saturated heterocycles. The molecule has 27 nitrogen and oxygen atoms in total. The van der Waals surface area contributed by atoms with E-state index in [9.17, 15) is 67.1 Å². The van der Waals surface area contributed by atoms with Crippen LogP contribution in [0.2, 0.25) is 0 Å². The number of hydroxylamine groups is 2. The molecule has 2 bridgehead atoms. The summed E-state index contributed by atoms with van der Waals surface area (Å²) in [6.45, 7) is 69.1. The van der Waals surface area contributed by atoms with Gasteiger partial charge in [-0.05, 0) is 228 Å². The zero-order valence-corrected chi connectivity index (χ0v) is 69.0. The van der Waals surface area contributed by atoms with Crippen molar-refractivity contribution in [3.63, 3.8) is 0 Å². The molecule has 4 rings (SSSR count). The molecule has 27 heteroatoms. The average molecular weight is 1510 g/mol. The molecule has 1 heterocycles. The lowest BCUT2D eigenvalue weighted by Crippen LogP contribution is -2.47. The lowest BCUT2D eigenvalue weighted by Gasteiger charge is -2.38. The van der Waals surface area contributed by atoms with Gasteiger partial charge in [-0.3, -0.25) is 19.2 Å². The number of carboxylic acid groups (broad SMARTS) is 1. The molecule has 4 unspecified atom stereocenters. The topological polar surface area (TPSA) is 352 Å². The maximum atomic E-state index is 12.4. The summed E-state index contributed by atoms with van der Waals surface area (Å²) in [4.78, 5) is 168. The maximum absolute atomic E-state index is 12.4. The van der Waals surface area contributed by atoms with Crippen LogP contribution >= 0.6 is 0 Å². The van der Waals surface area contributed by atoms with Gasteiger partial charge in [0, 0.05) is 50.8 Å². The van der Waals surface area contributed by atoms with Crippen molar-refractivity contribution >= 4 is 83.8 Å². The van der Waals surface area contributed by atoms with Crippen molar-refractivity contribution in [3.8, 4) is 0 Å². The van der Waals surface area contributed by atoms with Gasteiger partial charge in [0.1, 0.15) is 33.6 Å². The number of rotatable bonds is 19. The summed E-state index contributed by atoms with van der Waals surface area (Å²) in [5, 5.41) is 8.57. The molecule has 107 heavy (non-hydrogen) atoms. The normalized spacial score (nSPS) is 16.4. The third-order valence-corrected chi connectivity index (χ3v) is 15.7. The van der Waals surface area contributed by atoms with E-state index < -0.39 is 82.1 Å². The fourth-order valence-electron chi connectivity index (χ4n) is 9.09. The van der Waals surface area contributed by atoms with Crippen LogP contribution in [0, 0.1) is 29.1 Å². The number of unbranched alkanes of at least 4 members (excludes halogenated alkanes) is 2. The van der Waals surface area contributed by atoms with E-state index in [-0.39, 0.29) is 87.9 Å². The Morgan fingerprint density at radius 2 is 0.794 bits per heavy atom. The monoisotopic (exact) mass is 1510 g/mol. The van der Waals surface area contributed by atoms with Gasteiger partial charge in [-0.2, -0.15) is 0 Å². The number of esters is 4. The predicted molar refractivity (Wildman–Crippen MR) is 404 cm³/mol. The summed E-state index contributed by atoms with van der Waals surface area (Å²) in [5.41, 5.74) is -2.08. The van der Waals surface area contributed by atoms with Crippen LogP contribution in [0.5, 0.6) is 0 Å². The number of carbonyl (C=O) groups is 14. The average Bonchev–Trinajstić information content (AvgIpc) is 1.57.